The topological polar surface area (TPSA) is 49.4 Å². The molecule has 0 unspecified atom stereocenters. The van der Waals surface area contributed by atoms with Gasteiger partial charge < -0.3 is 10.2 Å². The van der Waals surface area contributed by atoms with Gasteiger partial charge in [0, 0.05) is 19.3 Å². The van der Waals surface area contributed by atoms with E-state index in [9.17, 15) is 9.59 Å². The molecule has 4 nitrogen and oxygen atoms in total. The van der Waals surface area contributed by atoms with Crippen molar-refractivity contribution in [3.63, 3.8) is 0 Å². The highest BCUT2D eigenvalue weighted by Crippen LogP contribution is 2.10. The maximum atomic E-state index is 12.0. The van der Waals surface area contributed by atoms with Crippen LogP contribution in [0.1, 0.15) is 12.0 Å². The van der Waals surface area contributed by atoms with Gasteiger partial charge in [-0.25, -0.2) is 0 Å². The van der Waals surface area contributed by atoms with Crippen molar-refractivity contribution in [2.75, 3.05) is 18.5 Å². The third kappa shape index (κ3) is 4.45. The van der Waals surface area contributed by atoms with Gasteiger partial charge in [-0.1, -0.05) is 48.5 Å². The molecule has 2 rings (SSSR count). The Bertz CT molecular complexity index is 611. The lowest BCUT2D eigenvalue weighted by Gasteiger charge is -2.16. The summed E-state index contributed by atoms with van der Waals surface area (Å²) in [4.78, 5) is 25.2. The molecule has 0 aliphatic heterocycles. The van der Waals surface area contributed by atoms with Crippen LogP contribution < -0.4 is 10.2 Å². The molecule has 0 bridgehead atoms. The summed E-state index contributed by atoms with van der Waals surface area (Å²) < 4.78 is 0. The molecule has 0 aromatic heterocycles. The number of hydrogen-bond donors (Lipinski definition) is 1. The molecule has 0 aliphatic rings. The molecule has 0 saturated carbocycles. The van der Waals surface area contributed by atoms with Gasteiger partial charge in [0.05, 0.1) is 0 Å². The zero-order valence-corrected chi connectivity index (χ0v) is 12.7. The summed E-state index contributed by atoms with van der Waals surface area (Å²) in [6.07, 6.45) is 1.68. The van der Waals surface area contributed by atoms with Crippen molar-refractivity contribution in [1.29, 1.82) is 0 Å². The molecule has 2 aromatic rings. The van der Waals surface area contributed by atoms with E-state index in [4.69, 9.17) is 0 Å². The van der Waals surface area contributed by atoms with E-state index in [1.807, 2.05) is 36.4 Å². The van der Waals surface area contributed by atoms with E-state index in [-0.39, 0.29) is 0 Å². The number of likely N-dealkylation sites (N-methyl/N-ethyl adjacent to an activating group) is 1. The monoisotopic (exact) mass is 296 g/mol. The summed E-state index contributed by atoms with van der Waals surface area (Å²) in [5, 5.41) is 2.67. The number of benzene rings is 2. The van der Waals surface area contributed by atoms with Gasteiger partial charge in [-0.2, -0.15) is 0 Å². The number of anilines is 1. The number of aryl methyl sites for hydroxylation is 1. The molecule has 0 heterocycles. The molecule has 2 aromatic carbocycles. The number of hydrogen-bond acceptors (Lipinski definition) is 2. The second-order valence-corrected chi connectivity index (χ2v) is 5.04. The van der Waals surface area contributed by atoms with Gasteiger partial charge in [-0.05, 0) is 30.5 Å². The smallest absolute Gasteiger partial charge is 0.316 e. The van der Waals surface area contributed by atoms with E-state index >= 15 is 0 Å². The van der Waals surface area contributed by atoms with Gasteiger partial charge in [-0.3, -0.25) is 9.59 Å². The van der Waals surface area contributed by atoms with E-state index in [1.54, 1.807) is 19.2 Å². The van der Waals surface area contributed by atoms with Gasteiger partial charge in [-0.15, -0.1) is 0 Å². The first-order chi connectivity index (χ1) is 10.7. The zero-order valence-electron chi connectivity index (χ0n) is 12.7. The predicted octanol–water partition coefficient (Wildman–Crippen LogP) is 2.40. The SMILES string of the molecule is CN(C(=O)C(=O)NCCCc1ccccc1)c1ccccc1. The second-order valence-electron chi connectivity index (χ2n) is 5.04. The molecule has 22 heavy (non-hydrogen) atoms. The van der Waals surface area contributed by atoms with Crippen molar-refractivity contribution in [3.8, 4) is 0 Å². The lowest BCUT2D eigenvalue weighted by atomic mass is 10.1. The Morgan fingerprint density at radius 3 is 2.18 bits per heavy atom. The molecular weight excluding hydrogens is 276 g/mol. The van der Waals surface area contributed by atoms with Crippen LogP contribution in [-0.4, -0.2) is 25.4 Å². The van der Waals surface area contributed by atoms with Crippen LogP contribution in [0.2, 0.25) is 0 Å². The largest absolute Gasteiger partial charge is 0.348 e. The molecule has 0 spiro atoms. The normalized spacial score (nSPS) is 10.0. The molecule has 0 atom stereocenters. The number of carbonyl (C=O) groups is 2. The van der Waals surface area contributed by atoms with Gasteiger partial charge in [0.2, 0.25) is 0 Å². The number of rotatable bonds is 5. The van der Waals surface area contributed by atoms with Crippen LogP contribution in [0.3, 0.4) is 0 Å². The predicted molar refractivity (Wildman–Crippen MR) is 87.6 cm³/mol. The highest BCUT2D eigenvalue weighted by Gasteiger charge is 2.18. The Hall–Kier alpha value is -2.62. The molecular formula is C18H20N2O2. The highest BCUT2D eigenvalue weighted by atomic mass is 16.2. The van der Waals surface area contributed by atoms with Crippen molar-refractivity contribution in [1.82, 2.24) is 5.32 Å². The van der Waals surface area contributed by atoms with Crippen LogP contribution in [0.25, 0.3) is 0 Å². The van der Waals surface area contributed by atoms with Crippen molar-refractivity contribution < 1.29 is 9.59 Å². The fraction of sp³-hybridized carbons (Fsp3) is 0.222. The maximum absolute atomic E-state index is 12.0. The van der Waals surface area contributed by atoms with Crippen LogP contribution >= 0.6 is 0 Å². The summed E-state index contributed by atoms with van der Waals surface area (Å²) in [7, 11) is 1.60. The summed E-state index contributed by atoms with van der Waals surface area (Å²) in [6.45, 7) is 0.488. The third-order valence-electron chi connectivity index (χ3n) is 3.41. The molecule has 1 N–H and O–H groups in total. The molecule has 114 valence electrons. The molecule has 0 radical (unpaired) electrons. The minimum Gasteiger partial charge on any atom is -0.348 e. The molecule has 2 amide bonds. The highest BCUT2D eigenvalue weighted by molar-refractivity contribution is 6.40. The molecule has 0 saturated heterocycles. The second kappa shape index (κ2) is 7.98. The Kier molecular flexibility index (Phi) is 5.72. The Morgan fingerprint density at radius 1 is 0.955 bits per heavy atom. The maximum Gasteiger partial charge on any atom is 0.316 e. The zero-order chi connectivity index (χ0) is 15.8. The first kappa shape index (κ1) is 15.8. The van der Waals surface area contributed by atoms with Gasteiger partial charge >= 0.3 is 11.8 Å². The molecule has 0 fully saturated rings. The minimum atomic E-state index is -0.570. The van der Waals surface area contributed by atoms with Crippen molar-refractivity contribution in [3.05, 3.63) is 66.2 Å². The average Bonchev–Trinajstić information content (AvgIpc) is 2.59. The van der Waals surface area contributed by atoms with Crippen molar-refractivity contribution in [2.24, 2.45) is 0 Å². The fourth-order valence-corrected chi connectivity index (χ4v) is 2.14. The lowest BCUT2D eigenvalue weighted by Crippen LogP contribution is -2.41. The van der Waals surface area contributed by atoms with Crippen LogP contribution in [0.5, 0.6) is 0 Å². The fourth-order valence-electron chi connectivity index (χ4n) is 2.14. The summed E-state index contributed by atoms with van der Waals surface area (Å²) >= 11 is 0. The quantitative estimate of drug-likeness (QED) is 0.680. The minimum absolute atomic E-state index is 0.488. The average molecular weight is 296 g/mol. The number of carbonyl (C=O) groups excluding carboxylic acids is 2. The lowest BCUT2D eigenvalue weighted by molar-refractivity contribution is -0.137. The van der Waals surface area contributed by atoms with Crippen LogP contribution in [0, 0.1) is 0 Å². The van der Waals surface area contributed by atoms with E-state index < -0.39 is 11.8 Å². The van der Waals surface area contributed by atoms with Crippen molar-refractivity contribution >= 4 is 17.5 Å². The third-order valence-corrected chi connectivity index (χ3v) is 3.41. The van der Waals surface area contributed by atoms with E-state index in [0.717, 1.165) is 12.8 Å². The first-order valence-corrected chi connectivity index (χ1v) is 7.33. The van der Waals surface area contributed by atoms with Crippen LogP contribution in [0.15, 0.2) is 60.7 Å². The standard InChI is InChI=1S/C18H20N2O2/c1-20(16-12-6-3-7-13-16)18(22)17(21)19-14-8-11-15-9-4-2-5-10-15/h2-7,9-10,12-13H,8,11,14H2,1H3,(H,19,21). The van der Waals surface area contributed by atoms with Crippen LogP contribution in [0.4, 0.5) is 5.69 Å². The number of nitrogens with one attached hydrogen (secondary N) is 1. The Labute approximate surface area is 130 Å². The van der Waals surface area contributed by atoms with Gasteiger partial charge in [0.25, 0.3) is 0 Å². The Morgan fingerprint density at radius 2 is 1.55 bits per heavy atom. The number of nitrogens with zero attached hydrogens (tertiary/aromatic N) is 1. The first-order valence-electron chi connectivity index (χ1n) is 7.33. The summed E-state index contributed by atoms with van der Waals surface area (Å²) in [6, 6.07) is 19.2. The Balaban J connectivity index is 1.76. The van der Waals surface area contributed by atoms with Gasteiger partial charge in [0.15, 0.2) is 0 Å². The molecule has 0 aliphatic carbocycles. The van der Waals surface area contributed by atoms with E-state index in [2.05, 4.69) is 17.4 Å². The van der Waals surface area contributed by atoms with Crippen molar-refractivity contribution in [2.45, 2.75) is 12.8 Å². The van der Waals surface area contributed by atoms with E-state index in [0.29, 0.717) is 12.2 Å². The number of para-hydroxylation sites is 1. The van der Waals surface area contributed by atoms with E-state index in [1.165, 1.54) is 10.5 Å². The van der Waals surface area contributed by atoms with Gasteiger partial charge in [0.1, 0.15) is 0 Å². The summed E-state index contributed by atoms with van der Waals surface area (Å²) in [5.41, 5.74) is 1.93. The van der Waals surface area contributed by atoms with Crippen LogP contribution in [-0.2, 0) is 16.0 Å². The summed E-state index contributed by atoms with van der Waals surface area (Å²) in [5.74, 6) is -1.12. The number of amides is 2. The molecule has 4 heteroatoms.